The van der Waals surface area contributed by atoms with Crippen LogP contribution < -0.4 is 0 Å². The highest BCUT2D eigenvalue weighted by molar-refractivity contribution is 6.08. The maximum Gasteiger partial charge on any atom is 0.254 e. The van der Waals surface area contributed by atoms with Gasteiger partial charge < -0.3 is 4.57 Å². The van der Waals surface area contributed by atoms with E-state index in [-0.39, 0.29) is 35.5 Å². The third-order valence-corrected chi connectivity index (χ3v) is 7.45. The van der Waals surface area contributed by atoms with Gasteiger partial charge in [-0.05, 0) is 43.7 Å². The third-order valence-electron chi connectivity index (χ3n) is 7.45. The molecule has 2 aromatic carbocycles. The molecule has 0 radical (unpaired) electrons. The second kappa shape index (κ2) is 7.02. The summed E-state index contributed by atoms with van der Waals surface area (Å²) < 4.78 is 2.28. The fraction of sp³-hybridized carbons (Fsp3) is 0.296. The molecule has 5 nitrogen and oxygen atoms in total. The van der Waals surface area contributed by atoms with Gasteiger partial charge in [-0.1, -0.05) is 60.2 Å². The number of rotatable bonds is 4. The number of hydrogen-bond acceptors (Lipinski definition) is 3. The van der Waals surface area contributed by atoms with Gasteiger partial charge in [0.1, 0.15) is 0 Å². The summed E-state index contributed by atoms with van der Waals surface area (Å²) in [5, 5.41) is 6.65. The number of fused-ring (bicyclic) bond motifs is 6. The van der Waals surface area contributed by atoms with Gasteiger partial charge in [-0.25, -0.2) is 0 Å². The molecule has 4 atom stereocenters. The van der Waals surface area contributed by atoms with Crippen molar-refractivity contribution in [2.24, 2.45) is 28.8 Å². The molecule has 1 saturated heterocycles. The van der Waals surface area contributed by atoms with Crippen LogP contribution in [-0.2, 0) is 16.1 Å². The van der Waals surface area contributed by atoms with Crippen molar-refractivity contribution in [2.45, 2.75) is 26.8 Å². The number of aromatic nitrogens is 1. The van der Waals surface area contributed by atoms with E-state index in [9.17, 15) is 9.59 Å². The number of nitrogens with zero attached hydrogens (tertiary/aromatic N) is 3. The molecule has 0 N–H and O–H groups in total. The summed E-state index contributed by atoms with van der Waals surface area (Å²) in [4.78, 5) is 26.0. The molecular formula is C27H25N3O2. The summed E-state index contributed by atoms with van der Waals surface area (Å²) in [6.07, 6.45) is 6.84. The minimum atomic E-state index is -0.224. The Balaban J connectivity index is 1.36. The molecule has 3 aliphatic rings. The number of hydrazone groups is 1. The number of para-hydroxylation sites is 1. The molecule has 2 bridgehead atoms. The first-order chi connectivity index (χ1) is 15.5. The number of aryl methyl sites for hydroxylation is 1. The van der Waals surface area contributed by atoms with E-state index in [1.807, 2.05) is 12.1 Å². The molecule has 0 unspecified atom stereocenters. The van der Waals surface area contributed by atoms with E-state index in [0.29, 0.717) is 0 Å². The van der Waals surface area contributed by atoms with Crippen LogP contribution in [0.4, 0.5) is 0 Å². The lowest BCUT2D eigenvalue weighted by molar-refractivity contribution is -0.140. The number of allylic oxidation sites excluding steroid dienone is 2. The molecule has 2 aliphatic carbocycles. The van der Waals surface area contributed by atoms with Crippen molar-refractivity contribution in [3.8, 4) is 0 Å². The topological polar surface area (TPSA) is 54.7 Å². The molecule has 160 valence electrons. The van der Waals surface area contributed by atoms with E-state index in [4.69, 9.17) is 0 Å². The predicted octanol–water partition coefficient (Wildman–Crippen LogP) is 4.45. The molecule has 32 heavy (non-hydrogen) atoms. The lowest BCUT2D eigenvalue weighted by Gasteiger charge is -2.13. The van der Waals surface area contributed by atoms with Crippen LogP contribution in [0.3, 0.4) is 0 Å². The number of carbonyl (C=O) groups is 2. The molecule has 1 saturated carbocycles. The number of hydrogen-bond donors (Lipinski definition) is 0. The molecule has 1 aliphatic heterocycles. The Labute approximate surface area is 187 Å². The zero-order valence-corrected chi connectivity index (χ0v) is 18.2. The molecular weight excluding hydrogens is 398 g/mol. The monoisotopic (exact) mass is 423 g/mol. The molecule has 2 fully saturated rings. The van der Waals surface area contributed by atoms with Crippen LogP contribution in [0.5, 0.6) is 0 Å². The Bertz CT molecular complexity index is 1300. The van der Waals surface area contributed by atoms with Crippen molar-refractivity contribution in [2.75, 3.05) is 0 Å². The predicted molar refractivity (Wildman–Crippen MR) is 124 cm³/mol. The van der Waals surface area contributed by atoms with Gasteiger partial charge in [0.15, 0.2) is 0 Å². The summed E-state index contributed by atoms with van der Waals surface area (Å²) in [7, 11) is 0. The van der Waals surface area contributed by atoms with Gasteiger partial charge in [-0.3, -0.25) is 9.59 Å². The quantitative estimate of drug-likeness (QED) is 0.354. The Morgan fingerprint density at radius 1 is 0.969 bits per heavy atom. The number of carbonyl (C=O) groups excluding carboxylic acids is 2. The van der Waals surface area contributed by atoms with Crippen molar-refractivity contribution in [1.82, 2.24) is 9.58 Å². The van der Waals surface area contributed by atoms with E-state index in [2.05, 4.69) is 72.1 Å². The smallest absolute Gasteiger partial charge is 0.254 e. The summed E-state index contributed by atoms with van der Waals surface area (Å²) in [5.41, 5.74) is 5.60. The first kappa shape index (κ1) is 19.2. The molecule has 2 heterocycles. The molecule has 2 amide bonds. The van der Waals surface area contributed by atoms with E-state index < -0.39 is 0 Å². The second-order valence-corrected chi connectivity index (χ2v) is 9.32. The van der Waals surface area contributed by atoms with Crippen LogP contribution in [0.1, 0.15) is 28.8 Å². The van der Waals surface area contributed by atoms with Crippen molar-refractivity contribution in [3.63, 3.8) is 0 Å². The number of benzene rings is 2. The highest BCUT2D eigenvalue weighted by Gasteiger charge is 2.59. The Morgan fingerprint density at radius 2 is 1.69 bits per heavy atom. The first-order valence-electron chi connectivity index (χ1n) is 11.3. The van der Waals surface area contributed by atoms with Crippen LogP contribution >= 0.6 is 0 Å². The van der Waals surface area contributed by atoms with E-state index >= 15 is 0 Å². The van der Waals surface area contributed by atoms with Gasteiger partial charge in [0.25, 0.3) is 11.8 Å². The average molecular weight is 424 g/mol. The Morgan fingerprint density at radius 3 is 2.41 bits per heavy atom. The van der Waals surface area contributed by atoms with Gasteiger partial charge in [-0.2, -0.15) is 10.1 Å². The fourth-order valence-electron chi connectivity index (χ4n) is 5.93. The van der Waals surface area contributed by atoms with Gasteiger partial charge in [-0.15, -0.1) is 0 Å². The SMILES string of the molecule is Cc1cccc(Cn2c(C)c(C=NN3C(=O)[C@@H]4[C@H](C3=O)[C@H]3C=C[C@H]4C3)c3ccccc32)c1. The zero-order chi connectivity index (χ0) is 22.0. The third kappa shape index (κ3) is 2.73. The van der Waals surface area contributed by atoms with Crippen LogP contribution in [-0.4, -0.2) is 27.6 Å². The van der Waals surface area contributed by atoms with Crippen molar-refractivity contribution < 1.29 is 9.59 Å². The van der Waals surface area contributed by atoms with Crippen molar-refractivity contribution in [3.05, 3.63) is 83.1 Å². The van der Waals surface area contributed by atoms with Gasteiger partial charge >= 0.3 is 0 Å². The molecule has 6 rings (SSSR count). The van der Waals surface area contributed by atoms with Crippen LogP contribution in [0, 0.1) is 37.5 Å². The van der Waals surface area contributed by atoms with E-state index in [1.165, 1.54) is 11.1 Å². The summed E-state index contributed by atoms with van der Waals surface area (Å²) in [6, 6.07) is 16.7. The molecule has 1 aromatic heterocycles. The maximum absolute atomic E-state index is 13.0. The Hall–Kier alpha value is -3.47. The number of amides is 2. The largest absolute Gasteiger partial charge is 0.340 e. The summed E-state index contributed by atoms with van der Waals surface area (Å²) in [5.74, 6) is -0.348. The molecule has 5 heteroatoms. The molecule has 0 spiro atoms. The summed E-state index contributed by atoms with van der Waals surface area (Å²) >= 11 is 0. The zero-order valence-electron chi connectivity index (χ0n) is 18.2. The van der Waals surface area contributed by atoms with Crippen molar-refractivity contribution in [1.29, 1.82) is 0 Å². The highest BCUT2D eigenvalue weighted by Crippen LogP contribution is 2.52. The van der Waals surface area contributed by atoms with E-state index in [0.717, 1.165) is 40.1 Å². The lowest BCUT2D eigenvalue weighted by atomic mass is 9.85. The van der Waals surface area contributed by atoms with Crippen molar-refractivity contribution >= 4 is 28.9 Å². The summed E-state index contributed by atoms with van der Waals surface area (Å²) in [6.45, 7) is 4.93. The van der Waals surface area contributed by atoms with Crippen LogP contribution in [0.15, 0.2) is 65.8 Å². The van der Waals surface area contributed by atoms with Crippen LogP contribution in [0.2, 0.25) is 0 Å². The maximum atomic E-state index is 13.0. The van der Waals surface area contributed by atoms with E-state index in [1.54, 1.807) is 6.21 Å². The minimum absolute atomic E-state index is 0.144. The second-order valence-electron chi connectivity index (χ2n) is 9.32. The molecule has 3 aromatic rings. The average Bonchev–Trinajstić information content (AvgIpc) is 3.52. The fourth-order valence-corrected chi connectivity index (χ4v) is 5.93. The van der Waals surface area contributed by atoms with Gasteiger partial charge in [0.2, 0.25) is 0 Å². The minimum Gasteiger partial charge on any atom is -0.340 e. The lowest BCUT2D eigenvalue weighted by Crippen LogP contribution is -2.28. The number of imide groups is 1. The van der Waals surface area contributed by atoms with Crippen LogP contribution in [0.25, 0.3) is 10.9 Å². The van der Waals surface area contributed by atoms with Gasteiger partial charge in [0, 0.05) is 28.7 Å². The highest BCUT2D eigenvalue weighted by atomic mass is 16.2. The standard InChI is InChI=1S/C27H25N3O2/c1-16-6-5-7-18(12-16)15-29-17(2)22(21-8-3-4-9-23(21)29)14-28-30-26(31)24-19-10-11-20(13-19)25(24)27(30)32/h3-12,14,19-20,24-25H,13,15H2,1-2H3/t19-,20-,24-,25+/m0/s1. The van der Waals surface area contributed by atoms with Gasteiger partial charge in [0.05, 0.1) is 18.1 Å². The normalized spacial score (nSPS) is 26.2. The first-order valence-corrected chi connectivity index (χ1v) is 11.3. The Kier molecular flexibility index (Phi) is 4.22.